The van der Waals surface area contributed by atoms with Crippen molar-refractivity contribution in [2.45, 2.75) is 6.54 Å². The van der Waals surface area contributed by atoms with Crippen molar-refractivity contribution < 1.29 is 18.3 Å². The van der Waals surface area contributed by atoms with Gasteiger partial charge in [0.1, 0.15) is 11.3 Å². The van der Waals surface area contributed by atoms with E-state index in [1.807, 2.05) is 6.07 Å². The van der Waals surface area contributed by atoms with Crippen LogP contribution in [0.3, 0.4) is 0 Å². The van der Waals surface area contributed by atoms with E-state index < -0.39 is 23.1 Å². The van der Waals surface area contributed by atoms with Crippen molar-refractivity contribution in [3.8, 4) is 5.75 Å². The van der Waals surface area contributed by atoms with Crippen molar-refractivity contribution in [1.29, 1.82) is 0 Å². The molecule has 2 aromatic carbocycles. The molecule has 0 spiro atoms. The Morgan fingerprint density at radius 3 is 2.63 bits per heavy atom. The lowest BCUT2D eigenvalue weighted by atomic mass is 10.2. The Bertz CT molecular complexity index is 1050. The molecule has 0 unspecified atom stereocenters. The number of anilines is 1. The maximum atomic E-state index is 13.3. The molecule has 1 amide bonds. The molecule has 0 atom stereocenters. The van der Waals surface area contributed by atoms with Gasteiger partial charge in [0.05, 0.1) is 13.7 Å². The zero-order valence-corrected chi connectivity index (χ0v) is 14.4. The van der Waals surface area contributed by atoms with Gasteiger partial charge in [0.15, 0.2) is 11.6 Å². The number of hydrogen-bond donors (Lipinski definition) is 1. The predicted molar refractivity (Wildman–Crippen MR) is 97.1 cm³/mol. The number of carbonyl (C=O) groups is 1. The van der Waals surface area contributed by atoms with Gasteiger partial charge in [0.2, 0.25) is 0 Å². The van der Waals surface area contributed by atoms with Crippen LogP contribution < -0.4 is 15.6 Å². The number of carbonyl (C=O) groups excluding carboxylic acids is 1. The van der Waals surface area contributed by atoms with Gasteiger partial charge in [-0.3, -0.25) is 9.59 Å². The van der Waals surface area contributed by atoms with Gasteiger partial charge in [-0.25, -0.2) is 8.78 Å². The monoisotopic (exact) mass is 370 g/mol. The van der Waals surface area contributed by atoms with E-state index in [0.717, 1.165) is 17.7 Å². The van der Waals surface area contributed by atoms with Gasteiger partial charge in [-0.2, -0.15) is 0 Å². The second kappa shape index (κ2) is 7.82. The fourth-order valence-corrected chi connectivity index (χ4v) is 2.57. The standard InChI is InChI=1S/C20H16F2N2O3/c1-27-15-5-2-4-13(10-15)12-24-9-3-6-16(20(24)26)19(25)23-14-7-8-17(21)18(22)11-14/h2-11H,12H2,1H3,(H,23,25). The van der Waals surface area contributed by atoms with Gasteiger partial charge >= 0.3 is 0 Å². The lowest BCUT2D eigenvalue weighted by molar-refractivity contribution is 0.102. The van der Waals surface area contributed by atoms with Crippen LogP contribution in [0.25, 0.3) is 0 Å². The van der Waals surface area contributed by atoms with Crippen molar-refractivity contribution in [3.05, 3.63) is 93.9 Å². The van der Waals surface area contributed by atoms with E-state index in [0.29, 0.717) is 5.75 Å². The molecule has 7 heteroatoms. The number of hydrogen-bond acceptors (Lipinski definition) is 3. The molecule has 1 N–H and O–H groups in total. The van der Waals surface area contributed by atoms with E-state index in [-0.39, 0.29) is 17.8 Å². The van der Waals surface area contributed by atoms with E-state index in [1.165, 1.54) is 16.7 Å². The number of pyridine rings is 1. The summed E-state index contributed by atoms with van der Waals surface area (Å²) in [4.78, 5) is 25.0. The summed E-state index contributed by atoms with van der Waals surface area (Å²) in [6.07, 6.45) is 1.57. The zero-order chi connectivity index (χ0) is 19.4. The topological polar surface area (TPSA) is 60.3 Å². The number of benzene rings is 2. The fraction of sp³-hybridized carbons (Fsp3) is 0.100. The molecule has 0 aliphatic carbocycles. The number of nitrogens with zero attached hydrogens (tertiary/aromatic N) is 1. The van der Waals surface area contributed by atoms with E-state index >= 15 is 0 Å². The Morgan fingerprint density at radius 1 is 1.07 bits per heavy atom. The van der Waals surface area contributed by atoms with Gasteiger partial charge in [-0.1, -0.05) is 12.1 Å². The zero-order valence-electron chi connectivity index (χ0n) is 14.4. The number of methoxy groups -OCH3 is 1. The maximum absolute atomic E-state index is 13.3. The summed E-state index contributed by atoms with van der Waals surface area (Å²) in [7, 11) is 1.55. The van der Waals surface area contributed by atoms with Crippen LogP contribution in [0.1, 0.15) is 15.9 Å². The molecule has 5 nitrogen and oxygen atoms in total. The van der Waals surface area contributed by atoms with Crippen molar-refractivity contribution in [2.75, 3.05) is 12.4 Å². The van der Waals surface area contributed by atoms with Crippen LogP contribution >= 0.6 is 0 Å². The molecule has 1 aromatic heterocycles. The number of ether oxygens (including phenoxy) is 1. The maximum Gasteiger partial charge on any atom is 0.263 e. The number of rotatable bonds is 5. The first kappa shape index (κ1) is 18.3. The first-order valence-electron chi connectivity index (χ1n) is 8.06. The van der Waals surface area contributed by atoms with E-state index in [9.17, 15) is 18.4 Å². The van der Waals surface area contributed by atoms with Gasteiger partial charge < -0.3 is 14.6 Å². The second-order valence-electron chi connectivity index (χ2n) is 5.79. The minimum atomic E-state index is -1.09. The third-order valence-corrected chi connectivity index (χ3v) is 3.93. The van der Waals surface area contributed by atoms with Crippen LogP contribution in [0.2, 0.25) is 0 Å². The molecule has 0 radical (unpaired) electrons. The fourth-order valence-electron chi connectivity index (χ4n) is 2.57. The smallest absolute Gasteiger partial charge is 0.263 e. The Labute approximate surface area is 153 Å². The number of amides is 1. The second-order valence-corrected chi connectivity index (χ2v) is 5.79. The Balaban J connectivity index is 1.84. The summed E-state index contributed by atoms with van der Waals surface area (Å²) in [6, 6.07) is 13.1. The van der Waals surface area contributed by atoms with Crippen LogP contribution in [0.15, 0.2) is 65.6 Å². The Kier molecular flexibility index (Phi) is 5.30. The summed E-state index contributed by atoms with van der Waals surface area (Å²) in [5, 5.41) is 2.40. The molecule has 0 bridgehead atoms. The van der Waals surface area contributed by atoms with E-state index in [2.05, 4.69) is 5.32 Å². The van der Waals surface area contributed by atoms with Crippen LogP contribution in [0, 0.1) is 11.6 Å². The summed E-state index contributed by atoms with van der Waals surface area (Å²) in [5.74, 6) is -2.15. The highest BCUT2D eigenvalue weighted by atomic mass is 19.2. The van der Waals surface area contributed by atoms with Crippen LogP contribution in [0.4, 0.5) is 14.5 Å². The SMILES string of the molecule is COc1cccc(Cn2cccc(C(=O)Nc3ccc(F)c(F)c3)c2=O)c1. The summed E-state index contributed by atoms with van der Waals surface area (Å²) in [6.45, 7) is 0.252. The third-order valence-electron chi connectivity index (χ3n) is 3.93. The van der Waals surface area contributed by atoms with Gasteiger partial charge in [0, 0.05) is 18.0 Å². The van der Waals surface area contributed by atoms with Crippen molar-refractivity contribution in [1.82, 2.24) is 4.57 Å². The molecular formula is C20H16F2N2O3. The molecule has 0 fully saturated rings. The Hall–Kier alpha value is -3.48. The van der Waals surface area contributed by atoms with Crippen molar-refractivity contribution in [3.63, 3.8) is 0 Å². The van der Waals surface area contributed by atoms with Crippen molar-refractivity contribution >= 4 is 11.6 Å². The molecule has 3 rings (SSSR count). The first-order chi connectivity index (χ1) is 13.0. The molecule has 1 heterocycles. The van der Waals surface area contributed by atoms with Crippen LogP contribution in [-0.4, -0.2) is 17.6 Å². The number of aromatic nitrogens is 1. The molecule has 138 valence electrons. The largest absolute Gasteiger partial charge is 0.497 e. The average Bonchev–Trinajstić information content (AvgIpc) is 2.66. The highest BCUT2D eigenvalue weighted by Crippen LogP contribution is 2.15. The minimum Gasteiger partial charge on any atom is -0.497 e. The van der Waals surface area contributed by atoms with E-state index in [1.54, 1.807) is 37.6 Å². The van der Waals surface area contributed by atoms with Gasteiger partial charge in [0.25, 0.3) is 11.5 Å². The molecule has 0 saturated carbocycles. The predicted octanol–water partition coefficient (Wildman–Crippen LogP) is 3.44. The summed E-state index contributed by atoms with van der Waals surface area (Å²) in [5.41, 5.74) is 0.279. The van der Waals surface area contributed by atoms with Crippen LogP contribution in [0.5, 0.6) is 5.75 Å². The highest BCUT2D eigenvalue weighted by molar-refractivity contribution is 6.03. The highest BCUT2D eigenvalue weighted by Gasteiger charge is 2.14. The van der Waals surface area contributed by atoms with E-state index in [4.69, 9.17) is 4.74 Å². The average molecular weight is 370 g/mol. The molecule has 0 aliphatic rings. The van der Waals surface area contributed by atoms with Gasteiger partial charge in [-0.15, -0.1) is 0 Å². The van der Waals surface area contributed by atoms with Gasteiger partial charge in [-0.05, 0) is 42.0 Å². The number of nitrogens with one attached hydrogen (secondary N) is 1. The summed E-state index contributed by atoms with van der Waals surface area (Å²) < 4.78 is 32.8. The molecular weight excluding hydrogens is 354 g/mol. The molecule has 0 saturated heterocycles. The molecule has 0 aliphatic heterocycles. The minimum absolute atomic E-state index is 0.0569. The Morgan fingerprint density at radius 2 is 1.89 bits per heavy atom. The third kappa shape index (κ3) is 4.20. The summed E-state index contributed by atoms with van der Waals surface area (Å²) >= 11 is 0. The number of halogens is 2. The lowest BCUT2D eigenvalue weighted by Crippen LogP contribution is -2.29. The molecule has 3 aromatic rings. The quantitative estimate of drug-likeness (QED) is 0.749. The normalized spacial score (nSPS) is 10.5. The van der Waals surface area contributed by atoms with Crippen molar-refractivity contribution in [2.24, 2.45) is 0 Å². The molecule has 27 heavy (non-hydrogen) atoms. The lowest BCUT2D eigenvalue weighted by Gasteiger charge is -2.10. The van der Waals surface area contributed by atoms with Crippen LogP contribution in [-0.2, 0) is 6.54 Å². The first-order valence-corrected chi connectivity index (χ1v) is 8.06.